The van der Waals surface area contributed by atoms with E-state index < -0.39 is 12.0 Å². The van der Waals surface area contributed by atoms with Gasteiger partial charge in [-0.25, -0.2) is 9.79 Å². The fraction of sp³-hybridized carbons (Fsp3) is 0.344. The van der Waals surface area contributed by atoms with Crippen LogP contribution in [0.15, 0.2) is 57.5 Å². The number of esters is 1. The van der Waals surface area contributed by atoms with Crippen LogP contribution >= 0.6 is 11.3 Å². The Balaban J connectivity index is 1.92. The van der Waals surface area contributed by atoms with E-state index in [1.54, 1.807) is 43.3 Å². The third-order valence-corrected chi connectivity index (χ3v) is 7.43. The standard InChI is InChI=1S/C32H34N2O8S/c1-7-15-41-23-14-13-21(18-25(23)39-8-2)19-26-30(35)34-28(22-11-10-12-24(38-6)29(22)40-9-3)27(20(4)33-32(34)43-26)31(36)42-17-16-37-5/h1,10-14,18-19,28H,8-9,15-17H2,2-6H3/b26-19+/t28-/m1/s1. The number of methoxy groups -OCH3 is 2. The van der Waals surface area contributed by atoms with Crippen molar-refractivity contribution in [3.8, 4) is 35.3 Å². The Morgan fingerprint density at radius 2 is 1.86 bits per heavy atom. The maximum Gasteiger partial charge on any atom is 0.338 e. The highest BCUT2D eigenvalue weighted by atomic mass is 32.1. The molecule has 1 aliphatic heterocycles. The molecule has 0 radical (unpaired) electrons. The average Bonchev–Trinajstić information content (AvgIpc) is 3.30. The predicted octanol–water partition coefficient (Wildman–Crippen LogP) is 3.24. The summed E-state index contributed by atoms with van der Waals surface area (Å²) in [5.41, 5.74) is 1.59. The monoisotopic (exact) mass is 606 g/mol. The number of allylic oxidation sites excluding steroid dienone is 1. The van der Waals surface area contributed by atoms with Gasteiger partial charge in [0.25, 0.3) is 5.56 Å². The third-order valence-electron chi connectivity index (χ3n) is 6.45. The number of carbonyl (C=O) groups is 1. The maximum absolute atomic E-state index is 14.1. The second-order valence-electron chi connectivity index (χ2n) is 9.15. The molecule has 0 saturated heterocycles. The number of ether oxygens (including phenoxy) is 6. The van der Waals surface area contributed by atoms with Crippen molar-refractivity contribution in [2.75, 3.05) is 47.3 Å². The Kier molecular flexibility index (Phi) is 10.6. The molecule has 4 rings (SSSR count). The topological polar surface area (TPSA) is 107 Å². The molecule has 0 unspecified atom stereocenters. The summed E-state index contributed by atoms with van der Waals surface area (Å²) in [7, 11) is 3.06. The van der Waals surface area contributed by atoms with Crippen molar-refractivity contribution in [1.29, 1.82) is 0 Å². The lowest BCUT2D eigenvalue weighted by molar-refractivity contribution is -0.140. The van der Waals surface area contributed by atoms with E-state index in [0.29, 0.717) is 62.4 Å². The number of thiazole rings is 1. The van der Waals surface area contributed by atoms with Crippen LogP contribution in [0.5, 0.6) is 23.0 Å². The van der Waals surface area contributed by atoms with E-state index in [2.05, 4.69) is 10.9 Å². The largest absolute Gasteiger partial charge is 0.493 e. The van der Waals surface area contributed by atoms with Crippen molar-refractivity contribution in [3.05, 3.63) is 78.5 Å². The number of benzene rings is 2. The maximum atomic E-state index is 14.1. The Morgan fingerprint density at radius 3 is 2.56 bits per heavy atom. The fourth-order valence-corrected chi connectivity index (χ4v) is 5.70. The highest BCUT2D eigenvalue weighted by molar-refractivity contribution is 7.07. The van der Waals surface area contributed by atoms with Crippen LogP contribution in [-0.2, 0) is 14.3 Å². The first-order valence-corrected chi connectivity index (χ1v) is 14.5. The summed E-state index contributed by atoms with van der Waals surface area (Å²) in [4.78, 5) is 32.7. The van der Waals surface area contributed by atoms with E-state index in [1.165, 1.54) is 30.1 Å². The highest BCUT2D eigenvalue weighted by Crippen LogP contribution is 2.40. The van der Waals surface area contributed by atoms with Gasteiger partial charge in [0.2, 0.25) is 0 Å². The third kappa shape index (κ3) is 6.77. The summed E-state index contributed by atoms with van der Waals surface area (Å²) < 4.78 is 35.4. The van der Waals surface area contributed by atoms with Crippen LogP contribution in [0.3, 0.4) is 0 Å². The SMILES string of the molecule is C#CCOc1ccc(/C=c2/sc3n(c2=O)[C@H](c2cccc(OC)c2OCC)C(C(=O)OCCOC)=C(C)N=3)cc1OCC. The average molecular weight is 607 g/mol. The minimum absolute atomic E-state index is 0.0445. The number of rotatable bonds is 13. The van der Waals surface area contributed by atoms with Crippen molar-refractivity contribution < 1.29 is 33.2 Å². The molecule has 0 saturated carbocycles. The molecule has 0 N–H and O–H groups in total. The Labute approximate surface area is 253 Å². The molecule has 10 nitrogen and oxygen atoms in total. The zero-order valence-corrected chi connectivity index (χ0v) is 25.6. The number of para-hydroxylation sites is 1. The number of aromatic nitrogens is 1. The van der Waals surface area contributed by atoms with Gasteiger partial charge >= 0.3 is 5.97 Å². The first-order valence-electron chi connectivity index (χ1n) is 13.7. The normalized spacial score (nSPS) is 14.4. The van der Waals surface area contributed by atoms with E-state index in [9.17, 15) is 9.59 Å². The van der Waals surface area contributed by atoms with Gasteiger partial charge in [-0.3, -0.25) is 9.36 Å². The molecule has 226 valence electrons. The number of nitrogens with zero attached hydrogens (tertiary/aromatic N) is 2. The van der Waals surface area contributed by atoms with E-state index in [1.807, 2.05) is 19.9 Å². The van der Waals surface area contributed by atoms with Gasteiger partial charge < -0.3 is 28.4 Å². The summed E-state index contributed by atoms with van der Waals surface area (Å²) in [5, 5.41) is 0. The highest BCUT2D eigenvalue weighted by Gasteiger charge is 2.36. The molecule has 1 aliphatic rings. The van der Waals surface area contributed by atoms with E-state index in [-0.39, 0.29) is 31.0 Å². The van der Waals surface area contributed by atoms with Crippen molar-refractivity contribution in [1.82, 2.24) is 4.57 Å². The molecule has 3 aromatic rings. The number of hydrogen-bond acceptors (Lipinski definition) is 10. The van der Waals surface area contributed by atoms with Gasteiger partial charge in [0.15, 0.2) is 27.8 Å². The van der Waals surface area contributed by atoms with Crippen LogP contribution in [0.2, 0.25) is 0 Å². The minimum atomic E-state index is -0.886. The van der Waals surface area contributed by atoms with Crippen molar-refractivity contribution >= 4 is 23.4 Å². The summed E-state index contributed by atoms with van der Waals surface area (Å²) in [6.07, 6.45) is 7.09. The Bertz CT molecular complexity index is 1730. The zero-order chi connectivity index (χ0) is 30.9. The van der Waals surface area contributed by atoms with Crippen LogP contribution < -0.4 is 33.8 Å². The van der Waals surface area contributed by atoms with Crippen LogP contribution in [0.4, 0.5) is 0 Å². The molecular weight excluding hydrogens is 572 g/mol. The Morgan fingerprint density at radius 1 is 1.07 bits per heavy atom. The number of terminal acetylenes is 1. The molecule has 0 bridgehead atoms. The first-order chi connectivity index (χ1) is 20.9. The zero-order valence-electron chi connectivity index (χ0n) is 24.8. The van der Waals surface area contributed by atoms with E-state index in [4.69, 9.17) is 34.8 Å². The first kappa shape index (κ1) is 31.4. The molecule has 11 heteroatoms. The van der Waals surface area contributed by atoms with Gasteiger partial charge in [-0.1, -0.05) is 35.5 Å². The van der Waals surface area contributed by atoms with Gasteiger partial charge in [0.1, 0.15) is 19.3 Å². The number of carbonyl (C=O) groups excluding carboxylic acids is 1. The smallest absolute Gasteiger partial charge is 0.338 e. The van der Waals surface area contributed by atoms with E-state index >= 15 is 0 Å². The summed E-state index contributed by atoms with van der Waals surface area (Å²) in [5.74, 6) is 3.75. The second kappa shape index (κ2) is 14.6. The molecule has 0 amide bonds. The van der Waals surface area contributed by atoms with Crippen LogP contribution in [-0.4, -0.2) is 57.8 Å². The lowest BCUT2D eigenvalue weighted by atomic mass is 9.94. The summed E-state index contributed by atoms with van der Waals surface area (Å²) in [6, 6.07) is 9.81. The van der Waals surface area contributed by atoms with Gasteiger partial charge in [-0.2, -0.15) is 0 Å². The lowest BCUT2D eigenvalue weighted by Crippen LogP contribution is -2.40. The lowest BCUT2D eigenvalue weighted by Gasteiger charge is -2.27. The summed E-state index contributed by atoms with van der Waals surface area (Å²) in [6.45, 7) is 6.57. The Hall–Kier alpha value is -4.53. The predicted molar refractivity (Wildman–Crippen MR) is 163 cm³/mol. The van der Waals surface area contributed by atoms with Crippen LogP contribution in [0.1, 0.15) is 37.9 Å². The fourth-order valence-electron chi connectivity index (χ4n) is 4.65. The van der Waals surface area contributed by atoms with Crippen LogP contribution in [0, 0.1) is 12.3 Å². The number of fused-ring (bicyclic) bond motifs is 1. The molecule has 2 heterocycles. The molecule has 0 spiro atoms. The minimum Gasteiger partial charge on any atom is -0.493 e. The van der Waals surface area contributed by atoms with Gasteiger partial charge in [0, 0.05) is 12.7 Å². The van der Waals surface area contributed by atoms with Gasteiger partial charge in [-0.05, 0) is 50.6 Å². The second-order valence-corrected chi connectivity index (χ2v) is 10.2. The van der Waals surface area contributed by atoms with Gasteiger partial charge in [0.05, 0.1) is 42.7 Å². The van der Waals surface area contributed by atoms with Crippen molar-refractivity contribution in [2.45, 2.75) is 26.8 Å². The molecule has 0 fully saturated rings. The quantitative estimate of drug-likeness (QED) is 0.166. The van der Waals surface area contributed by atoms with E-state index in [0.717, 1.165) is 0 Å². The summed E-state index contributed by atoms with van der Waals surface area (Å²) >= 11 is 1.21. The van der Waals surface area contributed by atoms with Crippen LogP contribution in [0.25, 0.3) is 6.08 Å². The molecule has 1 aromatic heterocycles. The van der Waals surface area contributed by atoms with Crippen molar-refractivity contribution in [3.63, 3.8) is 0 Å². The molecule has 2 aromatic carbocycles. The molecular formula is C32H34N2O8S. The molecule has 1 atom stereocenters. The van der Waals surface area contributed by atoms with Crippen molar-refractivity contribution in [2.24, 2.45) is 4.99 Å². The molecule has 0 aliphatic carbocycles. The van der Waals surface area contributed by atoms with Gasteiger partial charge in [-0.15, -0.1) is 6.42 Å². The number of hydrogen-bond donors (Lipinski definition) is 0. The molecule has 43 heavy (non-hydrogen) atoms.